The molecule has 4 N–H and O–H groups in total. The van der Waals surface area contributed by atoms with Gasteiger partial charge in [-0.1, -0.05) is 0 Å². The van der Waals surface area contributed by atoms with Crippen molar-refractivity contribution in [2.45, 2.75) is 0 Å². The Labute approximate surface area is 82.7 Å². The average Bonchev–Trinajstić information content (AvgIpc) is 2.77. The Morgan fingerprint density at radius 1 is 1.33 bits per heavy atom. The van der Waals surface area contributed by atoms with Gasteiger partial charge in [-0.2, -0.15) is 0 Å². The van der Waals surface area contributed by atoms with Crippen molar-refractivity contribution in [3.8, 4) is 0 Å². The number of fused-ring (bicyclic) bond motifs is 2. The average molecular weight is 202 g/mol. The van der Waals surface area contributed by atoms with E-state index < -0.39 is 5.91 Å². The van der Waals surface area contributed by atoms with Crippen LogP contribution in [0.4, 0.5) is 0 Å². The van der Waals surface area contributed by atoms with Crippen LogP contribution in [0.15, 0.2) is 12.3 Å². The van der Waals surface area contributed by atoms with Crippen molar-refractivity contribution >= 4 is 28.1 Å². The SMILES string of the molecule is NC(=O)c1nc2cc3c[nH][nH]c3nc2n1. The number of nitrogens with one attached hydrogen (secondary N) is 2. The molecule has 15 heavy (non-hydrogen) atoms. The fraction of sp³-hybridized carbons (Fsp3) is 0. The van der Waals surface area contributed by atoms with Gasteiger partial charge in [0, 0.05) is 11.6 Å². The van der Waals surface area contributed by atoms with Crippen LogP contribution in [0.5, 0.6) is 0 Å². The number of aromatic nitrogens is 5. The van der Waals surface area contributed by atoms with Crippen molar-refractivity contribution in [3.05, 3.63) is 18.1 Å². The van der Waals surface area contributed by atoms with Gasteiger partial charge in [0.1, 0.15) is 5.52 Å². The first-order valence-electron chi connectivity index (χ1n) is 4.24. The monoisotopic (exact) mass is 202 g/mol. The van der Waals surface area contributed by atoms with Crippen molar-refractivity contribution < 1.29 is 4.79 Å². The van der Waals surface area contributed by atoms with E-state index in [2.05, 4.69) is 25.1 Å². The Bertz CT molecular complexity index is 618. The van der Waals surface area contributed by atoms with Gasteiger partial charge >= 0.3 is 0 Å². The zero-order valence-corrected chi connectivity index (χ0v) is 7.48. The zero-order chi connectivity index (χ0) is 10.4. The van der Waals surface area contributed by atoms with Crippen LogP contribution in [-0.2, 0) is 0 Å². The molecule has 0 saturated carbocycles. The van der Waals surface area contributed by atoms with E-state index in [0.717, 1.165) is 5.39 Å². The molecular weight excluding hydrogens is 196 g/mol. The number of nitrogens with two attached hydrogens (primary N) is 1. The van der Waals surface area contributed by atoms with E-state index in [1.165, 1.54) is 0 Å². The standard InChI is InChI=1S/C8H6N6O/c9-5(15)8-11-4-1-3-2-10-14-6(3)12-7(4)13-8/h1-2H,(H2,9,15)(H2,10,11,12,13,14). The minimum Gasteiger partial charge on any atom is -0.363 e. The molecule has 0 bridgehead atoms. The van der Waals surface area contributed by atoms with Gasteiger partial charge in [0.05, 0.1) is 0 Å². The Kier molecular flexibility index (Phi) is 1.34. The molecule has 7 heteroatoms. The summed E-state index contributed by atoms with van der Waals surface area (Å²) in [6.07, 6.45) is 1.75. The van der Waals surface area contributed by atoms with E-state index in [9.17, 15) is 4.79 Å². The molecule has 0 aliphatic carbocycles. The lowest BCUT2D eigenvalue weighted by Gasteiger charge is -1.86. The van der Waals surface area contributed by atoms with Gasteiger partial charge in [0.2, 0.25) is 5.82 Å². The highest BCUT2D eigenvalue weighted by molar-refractivity contribution is 5.94. The lowest BCUT2D eigenvalue weighted by atomic mass is 10.3. The number of carbonyl (C=O) groups is 1. The molecule has 0 unspecified atom stereocenters. The molecule has 1 amide bonds. The number of H-pyrrole nitrogens is 2. The summed E-state index contributed by atoms with van der Waals surface area (Å²) < 4.78 is 0. The molecule has 7 nitrogen and oxygen atoms in total. The second-order valence-corrected chi connectivity index (χ2v) is 3.09. The summed E-state index contributed by atoms with van der Waals surface area (Å²) in [6, 6.07) is 1.78. The summed E-state index contributed by atoms with van der Waals surface area (Å²) in [5.74, 6) is -0.655. The molecule has 0 saturated heterocycles. The minimum atomic E-state index is -0.650. The number of amides is 1. The molecule has 0 atom stereocenters. The predicted molar refractivity (Wildman–Crippen MR) is 52.1 cm³/mol. The van der Waals surface area contributed by atoms with Gasteiger partial charge in [-0.05, 0) is 6.07 Å². The third-order valence-electron chi connectivity index (χ3n) is 2.09. The quantitative estimate of drug-likeness (QED) is 0.512. The van der Waals surface area contributed by atoms with Gasteiger partial charge < -0.3 is 10.8 Å². The molecule has 0 aliphatic heterocycles. The van der Waals surface area contributed by atoms with Crippen LogP contribution in [0.3, 0.4) is 0 Å². The number of imidazole rings is 1. The summed E-state index contributed by atoms with van der Waals surface area (Å²) in [6.45, 7) is 0. The molecule has 3 rings (SSSR count). The lowest BCUT2D eigenvalue weighted by Crippen LogP contribution is -2.12. The molecule has 3 aromatic heterocycles. The highest BCUT2D eigenvalue weighted by atomic mass is 16.1. The molecule has 0 spiro atoms. The van der Waals surface area contributed by atoms with Crippen molar-refractivity contribution in [3.63, 3.8) is 0 Å². The summed E-state index contributed by atoms with van der Waals surface area (Å²) in [4.78, 5) is 22.9. The first-order valence-corrected chi connectivity index (χ1v) is 4.24. The Morgan fingerprint density at radius 2 is 2.20 bits per heavy atom. The largest absolute Gasteiger partial charge is 0.363 e. The maximum absolute atomic E-state index is 10.9. The highest BCUT2D eigenvalue weighted by Crippen LogP contribution is 2.15. The fourth-order valence-electron chi connectivity index (χ4n) is 1.41. The number of hydrogen-bond acceptors (Lipinski definition) is 4. The third kappa shape index (κ3) is 1.06. The number of carbonyl (C=O) groups excluding carboxylic acids is 1. The third-order valence-corrected chi connectivity index (χ3v) is 2.09. The summed E-state index contributed by atoms with van der Waals surface area (Å²) in [7, 11) is 0. The summed E-state index contributed by atoms with van der Waals surface area (Å²) in [5.41, 5.74) is 6.71. The van der Waals surface area contributed by atoms with E-state index in [-0.39, 0.29) is 5.82 Å². The van der Waals surface area contributed by atoms with Crippen LogP contribution in [0.1, 0.15) is 10.6 Å². The van der Waals surface area contributed by atoms with Crippen LogP contribution < -0.4 is 5.73 Å². The van der Waals surface area contributed by atoms with Crippen molar-refractivity contribution in [2.24, 2.45) is 5.73 Å². The second-order valence-electron chi connectivity index (χ2n) is 3.09. The Balaban J connectivity index is 2.38. The van der Waals surface area contributed by atoms with E-state index in [1.807, 2.05) is 0 Å². The molecular formula is C8H6N6O. The van der Waals surface area contributed by atoms with E-state index in [1.54, 1.807) is 12.3 Å². The maximum atomic E-state index is 10.9. The summed E-state index contributed by atoms with van der Waals surface area (Å²) in [5, 5.41) is 6.51. The molecule has 3 aromatic rings. The van der Waals surface area contributed by atoms with E-state index >= 15 is 0 Å². The van der Waals surface area contributed by atoms with Gasteiger partial charge in [-0.15, -0.1) is 0 Å². The fourth-order valence-corrected chi connectivity index (χ4v) is 1.41. The van der Waals surface area contributed by atoms with Gasteiger partial charge in [-0.25, -0.2) is 15.0 Å². The van der Waals surface area contributed by atoms with Crippen molar-refractivity contribution in [2.75, 3.05) is 0 Å². The molecule has 0 radical (unpaired) electrons. The molecule has 74 valence electrons. The first-order chi connectivity index (χ1) is 7.24. The number of hydrogen-bond donors (Lipinski definition) is 3. The molecule has 0 fully saturated rings. The van der Waals surface area contributed by atoms with Crippen LogP contribution in [-0.4, -0.2) is 31.1 Å². The molecule has 0 aromatic carbocycles. The predicted octanol–water partition coefficient (Wildman–Crippen LogP) is -0.0669. The summed E-state index contributed by atoms with van der Waals surface area (Å²) >= 11 is 0. The highest BCUT2D eigenvalue weighted by Gasteiger charge is 2.11. The molecule has 3 heterocycles. The number of primary amides is 1. The first kappa shape index (κ1) is 7.92. The normalized spacial score (nSPS) is 11.2. The number of nitrogens with zero attached hydrogens (tertiary/aromatic N) is 3. The topological polar surface area (TPSA) is 113 Å². The number of rotatable bonds is 1. The smallest absolute Gasteiger partial charge is 0.286 e. The van der Waals surface area contributed by atoms with Gasteiger partial charge in [0.15, 0.2) is 11.3 Å². The van der Waals surface area contributed by atoms with Crippen LogP contribution in [0.25, 0.3) is 22.2 Å². The lowest BCUT2D eigenvalue weighted by molar-refractivity contribution is 0.0991. The zero-order valence-electron chi connectivity index (χ0n) is 7.48. The Morgan fingerprint density at radius 3 is 3.00 bits per heavy atom. The van der Waals surface area contributed by atoms with Crippen molar-refractivity contribution in [1.29, 1.82) is 0 Å². The Hall–Kier alpha value is -2.44. The second kappa shape index (κ2) is 2.53. The van der Waals surface area contributed by atoms with Gasteiger partial charge in [-0.3, -0.25) is 9.89 Å². The number of pyridine rings is 1. The minimum absolute atomic E-state index is 0.00543. The molecule has 0 aliphatic rings. The number of aromatic amines is 2. The van der Waals surface area contributed by atoms with Crippen LogP contribution in [0.2, 0.25) is 0 Å². The van der Waals surface area contributed by atoms with E-state index in [4.69, 9.17) is 5.73 Å². The van der Waals surface area contributed by atoms with Gasteiger partial charge in [0.25, 0.3) is 5.91 Å². The van der Waals surface area contributed by atoms with E-state index in [0.29, 0.717) is 16.8 Å². The maximum Gasteiger partial charge on any atom is 0.286 e. The van der Waals surface area contributed by atoms with Crippen LogP contribution >= 0.6 is 0 Å². The van der Waals surface area contributed by atoms with Crippen LogP contribution in [0, 0.1) is 0 Å². The van der Waals surface area contributed by atoms with Crippen molar-refractivity contribution in [1.82, 2.24) is 25.1 Å².